The number of rotatable bonds is 8. The van der Waals surface area contributed by atoms with Gasteiger partial charge >= 0.3 is 0 Å². The monoisotopic (exact) mass is 488 g/mol. The first-order chi connectivity index (χ1) is 14.4. The zero-order chi connectivity index (χ0) is 21.7. The predicted molar refractivity (Wildman–Crippen MR) is 119 cm³/mol. The van der Waals surface area contributed by atoms with Crippen molar-refractivity contribution in [2.75, 3.05) is 12.9 Å². The number of carbonyl (C=O) groups excluding carboxylic acids is 2. The Bertz CT molecular complexity index is 1040. The number of Topliss-reactive ketones (excluding diaryl/α,β-unsaturated/α-hetero) is 1. The fraction of sp³-hybridized carbons (Fsp3) is 0.238. The summed E-state index contributed by atoms with van der Waals surface area (Å²) in [6.07, 6.45) is 0. The van der Waals surface area contributed by atoms with Gasteiger partial charge < -0.3 is 14.6 Å². The summed E-state index contributed by atoms with van der Waals surface area (Å²) >= 11 is 4.67. The molecule has 2 aromatic carbocycles. The Morgan fingerprint density at radius 3 is 2.37 bits per heavy atom. The van der Waals surface area contributed by atoms with E-state index in [4.69, 9.17) is 4.74 Å². The molecule has 1 heterocycles. The quantitative estimate of drug-likeness (QED) is 0.380. The van der Waals surface area contributed by atoms with E-state index in [1.54, 1.807) is 48.1 Å². The molecule has 7 nitrogen and oxygen atoms in total. The Morgan fingerprint density at radius 1 is 1.10 bits per heavy atom. The average Bonchev–Trinajstić information content (AvgIpc) is 3.13. The molecule has 3 rings (SSSR count). The second-order valence-electron chi connectivity index (χ2n) is 6.54. The van der Waals surface area contributed by atoms with Crippen molar-refractivity contribution in [2.24, 2.45) is 7.05 Å². The minimum absolute atomic E-state index is 0.0120. The van der Waals surface area contributed by atoms with Crippen molar-refractivity contribution in [3.63, 3.8) is 0 Å². The van der Waals surface area contributed by atoms with Crippen LogP contribution in [0.2, 0.25) is 0 Å². The lowest BCUT2D eigenvalue weighted by Crippen LogP contribution is -2.28. The van der Waals surface area contributed by atoms with Crippen molar-refractivity contribution in [2.45, 2.75) is 18.1 Å². The standard InChI is InChI=1S/C21H21BrN4O3S/c1-13(23-20(28)15-6-10-17(29-3)11-7-15)19-24-25-21(26(19)2)30-12-18(27)14-4-8-16(22)9-5-14/h4-11,13H,12H2,1-3H3,(H,23,28)/t13-/m1/s1. The summed E-state index contributed by atoms with van der Waals surface area (Å²) in [7, 11) is 3.39. The number of aromatic nitrogens is 3. The first-order valence-corrected chi connectivity index (χ1v) is 10.9. The third-order valence-corrected chi connectivity index (χ3v) is 6.00. The molecular formula is C21H21BrN4O3S. The summed E-state index contributed by atoms with van der Waals surface area (Å²) in [5.41, 5.74) is 1.17. The summed E-state index contributed by atoms with van der Waals surface area (Å²) in [5, 5.41) is 11.9. The Morgan fingerprint density at radius 2 is 1.73 bits per heavy atom. The fourth-order valence-corrected chi connectivity index (χ4v) is 3.84. The molecule has 0 spiro atoms. The third kappa shape index (κ3) is 5.28. The van der Waals surface area contributed by atoms with Crippen molar-refractivity contribution in [1.82, 2.24) is 20.1 Å². The van der Waals surface area contributed by atoms with Crippen molar-refractivity contribution in [1.29, 1.82) is 0 Å². The second-order valence-corrected chi connectivity index (χ2v) is 8.40. The minimum atomic E-state index is -0.353. The number of hydrogen-bond donors (Lipinski definition) is 1. The van der Waals surface area contributed by atoms with Crippen molar-refractivity contribution >= 4 is 39.4 Å². The number of thioether (sulfide) groups is 1. The maximum Gasteiger partial charge on any atom is 0.251 e. The van der Waals surface area contributed by atoms with Gasteiger partial charge in [0.25, 0.3) is 5.91 Å². The van der Waals surface area contributed by atoms with Crippen molar-refractivity contribution in [3.05, 3.63) is 70.0 Å². The van der Waals surface area contributed by atoms with Crippen molar-refractivity contribution in [3.8, 4) is 5.75 Å². The van der Waals surface area contributed by atoms with E-state index in [1.165, 1.54) is 11.8 Å². The van der Waals surface area contributed by atoms with E-state index < -0.39 is 0 Å². The van der Waals surface area contributed by atoms with Gasteiger partial charge in [-0.05, 0) is 43.3 Å². The molecule has 30 heavy (non-hydrogen) atoms. The number of ketones is 1. The molecule has 1 aromatic heterocycles. The van der Waals surface area contributed by atoms with E-state index >= 15 is 0 Å². The molecule has 156 valence electrons. The summed E-state index contributed by atoms with van der Waals surface area (Å²) in [6, 6.07) is 13.8. The first kappa shape index (κ1) is 22.0. The van der Waals surface area contributed by atoms with Crippen LogP contribution in [0.1, 0.15) is 39.5 Å². The van der Waals surface area contributed by atoms with Crippen LogP contribution >= 0.6 is 27.7 Å². The SMILES string of the molecule is COc1ccc(C(=O)N[C@H](C)c2nnc(SCC(=O)c3ccc(Br)cc3)n2C)cc1. The number of hydrogen-bond acceptors (Lipinski definition) is 6. The number of amides is 1. The molecule has 0 aliphatic carbocycles. The highest BCUT2D eigenvalue weighted by Gasteiger charge is 2.19. The van der Waals surface area contributed by atoms with Crippen LogP contribution in [-0.2, 0) is 7.05 Å². The van der Waals surface area contributed by atoms with E-state index in [1.807, 2.05) is 26.1 Å². The highest BCUT2D eigenvalue weighted by Crippen LogP contribution is 2.21. The molecule has 3 aromatic rings. The van der Waals surface area contributed by atoms with Crippen LogP contribution in [0.3, 0.4) is 0 Å². The number of methoxy groups -OCH3 is 1. The number of ether oxygens (including phenoxy) is 1. The normalized spacial score (nSPS) is 11.7. The van der Waals surface area contributed by atoms with Crippen LogP contribution in [-0.4, -0.2) is 39.3 Å². The van der Waals surface area contributed by atoms with Gasteiger partial charge in [-0.15, -0.1) is 10.2 Å². The van der Waals surface area contributed by atoms with Gasteiger partial charge in [0.1, 0.15) is 5.75 Å². The largest absolute Gasteiger partial charge is 0.497 e. The maximum atomic E-state index is 12.5. The summed E-state index contributed by atoms with van der Waals surface area (Å²) < 4.78 is 7.83. The van der Waals surface area contributed by atoms with Crippen LogP contribution in [0.15, 0.2) is 58.2 Å². The highest BCUT2D eigenvalue weighted by molar-refractivity contribution is 9.10. The molecule has 1 N–H and O–H groups in total. The van der Waals surface area contributed by atoms with Gasteiger partial charge in [-0.25, -0.2) is 0 Å². The lowest BCUT2D eigenvalue weighted by Gasteiger charge is -2.14. The zero-order valence-corrected chi connectivity index (χ0v) is 19.2. The molecular weight excluding hydrogens is 468 g/mol. The first-order valence-electron chi connectivity index (χ1n) is 9.15. The van der Waals surface area contributed by atoms with Crippen LogP contribution in [0.4, 0.5) is 0 Å². The third-order valence-electron chi connectivity index (χ3n) is 4.45. The van der Waals surface area contributed by atoms with E-state index in [2.05, 4.69) is 31.4 Å². The Kier molecular flexibility index (Phi) is 7.28. The molecule has 1 atom stereocenters. The molecule has 0 aliphatic rings. The number of nitrogens with one attached hydrogen (secondary N) is 1. The smallest absolute Gasteiger partial charge is 0.251 e. The van der Waals surface area contributed by atoms with Crippen LogP contribution in [0.5, 0.6) is 5.75 Å². The summed E-state index contributed by atoms with van der Waals surface area (Å²) in [5.74, 6) is 1.34. The topological polar surface area (TPSA) is 86.1 Å². The van der Waals surface area contributed by atoms with Gasteiger partial charge in [0.2, 0.25) is 0 Å². The van der Waals surface area contributed by atoms with Crippen LogP contribution < -0.4 is 10.1 Å². The van der Waals surface area contributed by atoms with E-state index in [0.29, 0.717) is 27.9 Å². The highest BCUT2D eigenvalue weighted by atomic mass is 79.9. The van der Waals surface area contributed by atoms with E-state index in [9.17, 15) is 9.59 Å². The predicted octanol–water partition coefficient (Wildman–Crippen LogP) is 4.05. The van der Waals surface area contributed by atoms with Gasteiger partial charge in [-0.3, -0.25) is 9.59 Å². The molecule has 0 saturated heterocycles. The molecule has 0 bridgehead atoms. The lowest BCUT2D eigenvalue weighted by atomic mass is 10.2. The van der Waals surface area contributed by atoms with Gasteiger partial charge in [0.05, 0.1) is 18.9 Å². The van der Waals surface area contributed by atoms with Crippen LogP contribution in [0, 0.1) is 0 Å². The number of carbonyl (C=O) groups is 2. The van der Waals surface area contributed by atoms with Gasteiger partial charge in [-0.2, -0.15) is 0 Å². The summed E-state index contributed by atoms with van der Waals surface area (Å²) in [6.45, 7) is 1.84. The number of nitrogens with zero attached hydrogens (tertiary/aromatic N) is 3. The molecule has 0 fully saturated rings. The minimum Gasteiger partial charge on any atom is -0.497 e. The number of benzene rings is 2. The summed E-state index contributed by atoms with van der Waals surface area (Å²) in [4.78, 5) is 24.8. The molecule has 9 heteroatoms. The Balaban J connectivity index is 1.61. The lowest BCUT2D eigenvalue weighted by molar-refractivity contribution is 0.0937. The Labute approximate surface area is 187 Å². The molecule has 0 aliphatic heterocycles. The number of halogens is 1. The maximum absolute atomic E-state index is 12.5. The molecule has 0 radical (unpaired) electrons. The average molecular weight is 489 g/mol. The second kappa shape index (κ2) is 9.90. The van der Waals surface area contributed by atoms with Crippen LogP contribution in [0.25, 0.3) is 0 Å². The molecule has 0 unspecified atom stereocenters. The molecule has 0 saturated carbocycles. The fourth-order valence-electron chi connectivity index (χ4n) is 2.77. The Hall–Kier alpha value is -2.65. The van der Waals surface area contributed by atoms with Gasteiger partial charge in [0, 0.05) is 22.6 Å². The molecule has 1 amide bonds. The van der Waals surface area contributed by atoms with E-state index in [-0.39, 0.29) is 23.5 Å². The van der Waals surface area contributed by atoms with Gasteiger partial charge in [-0.1, -0.05) is 39.8 Å². The van der Waals surface area contributed by atoms with E-state index in [0.717, 1.165) is 4.47 Å². The van der Waals surface area contributed by atoms with Crippen molar-refractivity contribution < 1.29 is 14.3 Å². The zero-order valence-electron chi connectivity index (χ0n) is 16.8. The van der Waals surface area contributed by atoms with Gasteiger partial charge in [0.15, 0.2) is 16.8 Å².